The minimum Gasteiger partial charge on any atom is -0.334 e. The molecule has 2 aromatic heterocycles. The molecular formula is C28H26N4O. The summed E-state index contributed by atoms with van der Waals surface area (Å²) in [5.41, 5.74) is 8.03. The Bertz CT molecular complexity index is 1340. The third-order valence-electron chi connectivity index (χ3n) is 6.60. The van der Waals surface area contributed by atoms with Crippen LogP contribution in [0.15, 0.2) is 73.1 Å². The summed E-state index contributed by atoms with van der Waals surface area (Å²) in [6, 6.07) is 20.7. The second-order valence-corrected chi connectivity index (χ2v) is 9.26. The maximum atomic E-state index is 13.0. The molecule has 0 radical (unpaired) electrons. The van der Waals surface area contributed by atoms with E-state index in [-0.39, 0.29) is 5.91 Å². The maximum absolute atomic E-state index is 13.0. The van der Waals surface area contributed by atoms with Crippen LogP contribution in [0.4, 0.5) is 0 Å². The predicted octanol–water partition coefficient (Wildman–Crippen LogP) is 5.33. The molecule has 0 spiro atoms. The van der Waals surface area contributed by atoms with Crippen LogP contribution in [-0.4, -0.2) is 32.1 Å². The largest absolute Gasteiger partial charge is 0.334 e. The summed E-state index contributed by atoms with van der Waals surface area (Å²) in [5.74, 6) is 0.851. The van der Waals surface area contributed by atoms with E-state index in [0.29, 0.717) is 5.92 Å². The molecule has 164 valence electrons. The van der Waals surface area contributed by atoms with Gasteiger partial charge in [-0.1, -0.05) is 48.5 Å². The number of pyridine rings is 1. The van der Waals surface area contributed by atoms with E-state index in [2.05, 4.69) is 41.6 Å². The average molecular weight is 435 g/mol. The van der Waals surface area contributed by atoms with Crippen molar-refractivity contribution >= 4 is 5.91 Å². The molecule has 0 atom stereocenters. The Kier molecular flexibility index (Phi) is 4.83. The molecule has 3 heterocycles. The molecule has 5 heteroatoms. The first-order chi connectivity index (χ1) is 16.1. The Hall–Kier alpha value is -3.73. The van der Waals surface area contributed by atoms with Crippen LogP contribution in [0.5, 0.6) is 0 Å². The Morgan fingerprint density at radius 2 is 1.82 bits per heavy atom. The zero-order valence-electron chi connectivity index (χ0n) is 18.7. The van der Waals surface area contributed by atoms with Crippen LogP contribution in [0, 0.1) is 12.8 Å². The van der Waals surface area contributed by atoms with Gasteiger partial charge in [0.2, 0.25) is 0 Å². The monoisotopic (exact) mass is 434 g/mol. The van der Waals surface area contributed by atoms with Crippen LogP contribution in [0.2, 0.25) is 0 Å². The van der Waals surface area contributed by atoms with Crippen molar-refractivity contribution < 1.29 is 4.79 Å². The molecular weight excluding hydrogens is 408 g/mol. The summed E-state index contributed by atoms with van der Waals surface area (Å²) in [7, 11) is 0. The van der Waals surface area contributed by atoms with E-state index in [1.807, 2.05) is 53.0 Å². The van der Waals surface area contributed by atoms with E-state index >= 15 is 0 Å². The number of aryl methyl sites for hydroxylation is 1. The van der Waals surface area contributed by atoms with Crippen molar-refractivity contribution in [2.45, 2.75) is 32.9 Å². The highest BCUT2D eigenvalue weighted by atomic mass is 16.2. The highest BCUT2D eigenvalue weighted by Crippen LogP contribution is 2.36. The molecule has 1 fully saturated rings. The molecule has 1 amide bonds. The quantitative estimate of drug-likeness (QED) is 0.412. The van der Waals surface area contributed by atoms with Crippen molar-refractivity contribution in [1.82, 2.24) is 19.7 Å². The van der Waals surface area contributed by atoms with Gasteiger partial charge in [0.1, 0.15) is 0 Å². The second-order valence-electron chi connectivity index (χ2n) is 9.26. The fourth-order valence-electron chi connectivity index (χ4n) is 4.64. The van der Waals surface area contributed by atoms with Gasteiger partial charge in [-0.3, -0.25) is 14.5 Å². The third kappa shape index (κ3) is 3.95. The number of rotatable bonds is 6. The highest BCUT2D eigenvalue weighted by Gasteiger charge is 2.33. The first-order valence-electron chi connectivity index (χ1n) is 11.6. The molecule has 0 unspecified atom stereocenters. The van der Waals surface area contributed by atoms with Crippen molar-refractivity contribution in [1.29, 1.82) is 0 Å². The zero-order chi connectivity index (χ0) is 22.4. The van der Waals surface area contributed by atoms with Gasteiger partial charge < -0.3 is 4.90 Å². The Morgan fingerprint density at radius 3 is 2.64 bits per heavy atom. The van der Waals surface area contributed by atoms with Crippen LogP contribution in [0.3, 0.4) is 0 Å². The summed E-state index contributed by atoms with van der Waals surface area (Å²) in [4.78, 5) is 19.9. The molecule has 5 nitrogen and oxygen atoms in total. The van der Waals surface area contributed by atoms with Gasteiger partial charge in [-0.15, -0.1) is 0 Å². The number of aromatic nitrogens is 3. The number of carbonyl (C=O) groups excluding carboxylic acids is 1. The first-order valence-corrected chi connectivity index (χ1v) is 11.6. The molecule has 4 aromatic rings. The molecule has 1 aliphatic heterocycles. The van der Waals surface area contributed by atoms with Crippen LogP contribution < -0.4 is 0 Å². The number of fused-ring (bicyclic) bond motifs is 1. The number of hydrogen-bond acceptors (Lipinski definition) is 3. The predicted molar refractivity (Wildman–Crippen MR) is 129 cm³/mol. The summed E-state index contributed by atoms with van der Waals surface area (Å²) in [6.07, 6.45) is 6.47. The van der Waals surface area contributed by atoms with Crippen LogP contribution in [-0.2, 0) is 13.1 Å². The molecule has 0 saturated heterocycles. The maximum Gasteiger partial charge on any atom is 0.254 e. The van der Waals surface area contributed by atoms with Crippen molar-refractivity contribution in [2.24, 2.45) is 5.92 Å². The van der Waals surface area contributed by atoms with E-state index in [4.69, 9.17) is 4.98 Å². The number of amides is 1. The number of hydrogen-bond donors (Lipinski definition) is 0. The van der Waals surface area contributed by atoms with Crippen LogP contribution >= 0.6 is 0 Å². The zero-order valence-corrected chi connectivity index (χ0v) is 18.7. The lowest BCUT2D eigenvalue weighted by Gasteiger charge is -2.14. The van der Waals surface area contributed by atoms with Gasteiger partial charge in [-0.2, -0.15) is 5.10 Å². The minimum absolute atomic E-state index is 0.156. The standard InChI is InChI=1S/C28H26N4O/c1-19-7-12-25(24-14-29-32(18-24)16-20-5-3-2-4-6-20)27(30-19)22-10-11-23-17-31(15-21-8-9-21)28(33)26(23)13-22/h2-7,10-14,18,21H,8-9,15-17H2,1H3. The van der Waals surface area contributed by atoms with Crippen molar-refractivity contribution in [3.05, 3.63) is 95.4 Å². The molecule has 33 heavy (non-hydrogen) atoms. The Balaban J connectivity index is 1.33. The third-order valence-corrected chi connectivity index (χ3v) is 6.60. The summed E-state index contributed by atoms with van der Waals surface area (Å²) >= 11 is 0. The van der Waals surface area contributed by atoms with Crippen LogP contribution in [0.25, 0.3) is 22.4 Å². The lowest BCUT2D eigenvalue weighted by Crippen LogP contribution is -2.26. The number of carbonyl (C=O) groups is 1. The van der Waals surface area contributed by atoms with Crippen LogP contribution in [0.1, 0.15) is 40.0 Å². The van der Waals surface area contributed by atoms with Crippen molar-refractivity contribution in [3.8, 4) is 22.4 Å². The lowest BCUT2D eigenvalue weighted by atomic mass is 9.98. The minimum atomic E-state index is 0.156. The molecule has 6 rings (SSSR count). The normalized spacial score (nSPS) is 15.2. The summed E-state index contributed by atoms with van der Waals surface area (Å²) < 4.78 is 1.95. The van der Waals surface area contributed by atoms with Gasteiger partial charge in [-0.05, 0) is 48.9 Å². The van der Waals surface area contributed by atoms with Gasteiger partial charge in [0, 0.05) is 47.2 Å². The van der Waals surface area contributed by atoms with E-state index in [1.54, 1.807) is 0 Å². The smallest absolute Gasteiger partial charge is 0.254 e. The fraction of sp³-hybridized carbons (Fsp3) is 0.250. The topological polar surface area (TPSA) is 51.0 Å². The van der Waals surface area contributed by atoms with E-state index in [9.17, 15) is 4.79 Å². The van der Waals surface area contributed by atoms with Gasteiger partial charge in [0.25, 0.3) is 5.91 Å². The van der Waals surface area contributed by atoms with Crippen molar-refractivity contribution in [2.75, 3.05) is 6.54 Å². The average Bonchev–Trinajstić information content (AvgIpc) is 3.45. The van der Waals surface area contributed by atoms with E-state index in [0.717, 1.165) is 58.8 Å². The fourth-order valence-corrected chi connectivity index (χ4v) is 4.64. The summed E-state index contributed by atoms with van der Waals surface area (Å²) in [5, 5.41) is 4.59. The first kappa shape index (κ1) is 19.9. The number of benzene rings is 2. The Labute approximate surface area is 193 Å². The lowest BCUT2D eigenvalue weighted by molar-refractivity contribution is 0.0771. The summed E-state index contributed by atoms with van der Waals surface area (Å²) in [6.45, 7) is 4.34. The molecule has 1 saturated carbocycles. The molecule has 2 aromatic carbocycles. The van der Waals surface area contributed by atoms with Gasteiger partial charge in [0.15, 0.2) is 0 Å². The van der Waals surface area contributed by atoms with Gasteiger partial charge in [-0.25, -0.2) is 0 Å². The van der Waals surface area contributed by atoms with E-state index in [1.165, 1.54) is 18.4 Å². The van der Waals surface area contributed by atoms with E-state index < -0.39 is 0 Å². The van der Waals surface area contributed by atoms with Gasteiger partial charge in [0.05, 0.1) is 18.4 Å². The highest BCUT2D eigenvalue weighted by molar-refractivity contribution is 6.00. The molecule has 2 aliphatic rings. The van der Waals surface area contributed by atoms with Gasteiger partial charge >= 0.3 is 0 Å². The molecule has 1 aliphatic carbocycles. The number of nitrogens with zero attached hydrogens (tertiary/aromatic N) is 4. The molecule has 0 bridgehead atoms. The second kappa shape index (κ2) is 8.00. The Morgan fingerprint density at radius 1 is 0.970 bits per heavy atom. The molecule has 0 N–H and O–H groups in total. The van der Waals surface area contributed by atoms with Crippen molar-refractivity contribution in [3.63, 3.8) is 0 Å². The SMILES string of the molecule is Cc1ccc(-c2cnn(Cc3ccccc3)c2)c(-c2ccc3c(c2)C(=O)N(CC2CC2)C3)n1.